The molecule has 4 aliphatic rings. The van der Waals surface area contributed by atoms with Crippen LogP contribution in [0.5, 0.6) is 0 Å². The van der Waals surface area contributed by atoms with Crippen molar-refractivity contribution in [3.63, 3.8) is 0 Å². The summed E-state index contributed by atoms with van der Waals surface area (Å²) in [6.45, 7) is 3.29. The molecule has 0 aromatic heterocycles. The third-order valence-corrected chi connectivity index (χ3v) is 7.84. The summed E-state index contributed by atoms with van der Waals surface area (Å²) in [6, 6.07) is 0. The average Bonchev–Trinajstić information content (AvgIpc) is 2.84. The molecule has 14 atom stereocenters. The number of fused-ring (bicyclic) bond motifs is 1. The highest BCUT2D eigenvalue weighted by molar-refractivity contribution is 5.78. The van der Waals surface area contributed by atoms with E-state index < -0.39 is 92.2 Å². The van der Waals surface area contributed by atoms with Crippen molar-refractivity contribution in [3.8, 4) is 0 Å². The number of hydrogen-bond donors (Lipinski definition) is 6. The van der Waals surface area contributed by atoms with Gasteiger partial charge in [-0.25, -0.2) is 0 Å². The van der Waals surface area contributed by atoms with Crippen LogP contribution in [0.2, 0.25) is 0 Å². The Hall–Kier alpha value is -0.970. The number of aliphatic hydroxyl groups excluding tert-OH is 5. The molecule has 3 saturated heterocycles. The lowest BCUT2D eigenvalue weighted by atomic mass is 9.85. The summed E-state index contributed by atoms with van der Waals surface area (Å²) in [5.74, 6) is -0.666. The third kappa shape index (κ3) is 6.28. The minimum absolute atomic E-state index is 0.0128. The Bertz CT molecular complexity index is 759. The third-order valence-electron chi connectivity index (χ3n) is 7.84. The number of aliphatic hydroxyl groups is 5. The standard InChI is InChI=1S/C24H41NO12/c1-10-5-3-6-12(19(10)37-23-18(30)17(29)15(27)11(2)33-23)35-24-21-20(16(28)14(9-26)36-24)34-13(22(25)31)7-4-8-32-21/h10-21,23-24,26-30H,3-9H2,1-2H3,(H2,25,31)/t10-,11?,12-,13-,14?,15-,16+,17?,18+,19?,20?,21?,23+,24-/m1/s1. The quantitative estimate of drug-likeness (QED) is 0.217. The number of amides is 1. The SMILES string of the molecule is CC1O[C@@H](OC2[C@H](C)CCC[C@H]2O[C@@H]2OC(CO)[C@H](O)C3O[C@@H](C(N)=O)CCCOC32)[C@@H](O)C(O)[C@@H]1O. The van der Waals surface area contributed by atoms with Crippen LogP contribution >= 0.6 is 0 Å². The second-order valence-electron chi connectivity index (χ2n) is 10.6. The fraction of sp³-hybridized carbons (Fsp3) is 0.958. The van der Waals surface area contributed by atoms with Crippen LogP contribution in [0.15, 0.2) is 0 Å². The number of nitrogens with two attached hydrogens (primary N) is 1. The zero-order valence-corrected chi connectivity index (χ0v) is 21.2. The summed E-state index contributed by atoms with van der Waals surface area (Å²) in [4.78, 5) is 11.9. The maximum atomic E-state index is 11.9. The van der Waals surface area contributed by atoms with Crippen molar-refractivity contribution in [2.75, 3.05) is 13.2 Å². The lowest BCUT2D eigenvalue weighted by Gasteiger charge is -2.48. The molecule has 1 aliphatic carbocycles. The van der Waals surface area contributed by atoms with Gasteiger partial charge < -0.3 is 59.7 Å². The van der Waals surface area contributed by atoms with Crippen LogP contribution in [0.1, 0.15) is 46.0 Å². The largest absolute Gasteiger partial charge is 0.394 e. The number of hydrogen-bond acceptors (Lipinski definition) is 12. The van der Waals surface area contributed by atoms with E-state index in [2.05, 4.69) is 0 Å². The molecule has 214 valence electrons. The summed E-state index contributed by atoms with van der Waals surface area (Å²) in [7, 11) is 0. The molecular weight excluding hydrogens is 494 g/mol. The number of ether oxygens (including phenoxy) is 6. The Morgan fingerprint density at radius 1 is 0.865 bits per heavy atom. The Balaban J connectivity index is 1.52. The first-order chi connectivity index (χ1) is 17.6. The van der Waals surface area contributed by atoms with Gasteiger partial charge in [0, 0.05) is 6.61 Å². The van der Waals surface area contributed by atoms with Gasteiger partial charge in [-0.2, -0.15) is 0 Å². The Labute approximate surface area is 215 Å². The van der Waals surface area contributed by atoms with E-state index in [1.807, 2.05) is 6.92 Å². The molecule has 0 aromatic rings. The van der Waals surface area contributed by atoms with Crippen LogP contribution in [-0.4, -0.2) is 124 Å². The highest BCUT2D eigenvalue weighted by Gasteiger charge is 2.51. The number of primary amides is 1. The minimum atomic E-state index is -1.46. The van der Waals surface area contributed by atoms with Crippen molar-refractivity contribution in [1.82, 2.24) is 0 Å². The molecule has 4 fully saturated rings. The smallest absolute Gasteiger partial charge is 0.246 e. The van der Waals surface area contributed by atoms with E-state index in [9.17, 15) is 30.3 Å². The molecule has 13 nitrogen and oxygen atoms in total. The summed E-state index contributed by atoms with van der Waals surface area (Å²) in [5.41, 5.74) is 5.49. The predicted octanol–water partition coefficient (Wildman–Crippen LogP) is -2.10. The van der Waals surface area contributed by atoms with Crippen molar-refractivity contribution < 1.29 is 58.7 Å². The Morgan fingerprint density at radius 2 is 1.62 bits per heavy atom. The van der Waals surface area contributed by atoms with Crippen molar-refractivity contribution in [2.24, 2.45) is 11.7 Å². The van der Waals surface area contributed by atoms with Crippen LogP contribution in [0.25, 0.3) is 0 Å². The molecule has 1 amide bonds. The van der Waals surface area contributed by atoms with Gasteiger partial charge in [0.1, 0.15) is 48.8 Å². The van der Waals surface area contributed by atoms with Gasteiger partial charge in [0.15, 0.2) is 12.6 Å². The van der Waals surface area contributed by atoms with Crippen molar-refractivity contribution in [1.29, 1.82) is 0 Å². The Kier molecular flexibility index (Phi) is 9.78. The average molecular weight is 536 g/mol. The maximum absolute atomic E-state index is 11.9. The van der Waals surface area contributed by atoms with E-state index in [1.165, 1.54) is 0 Å². The van der Waals surface area contributed by atoms with Crippen LogP contribution in [0.3, 0.4) is 0 Å². The summed E-state index contributed by atoms with van der Waals surface area (Å²) < 4.78 is 35.9. The number of carbonyl (C=O) groups is 1. The summed E-state index contributed by atoms with van der Waals surface area (Å²) in [5, 5.41) is 51.3. The van der Waals surface area contributed by atoms with Gasteiger partial charge in [0.05, 0.1) is 24.9 Å². The van der Waals surface area contributed by atoms with Gasteiger partial charge in [0.25, 0.3) is 0 Å². The monoisotopic (exact) mass is 535 g/mol. The van der Waals surface area contributed by atoms with E-state index in [-0.39, 0.29) is 12.5 Å². The second-order valence-corrected chi connectivity index (χ2v) is 10.6. The molecule has 0 radical (unpaired) electrons. The van der Waals surface area contributed by atoms with Crippen LogP contribution in [-0.2, 0) is 33.2 Å². The first-order valence-corrected chi connectivity index (χ1v) is 13.1. The molecule has 13 heteroatoms. The molecule has 4 rings (SSSR count). The molecule has 0 spiro atoms. The van der Waals surface area contributed by atoms with Crippen molar-refractivity contribution in [3.05, 3.63) is 0 Å². The minimum Gasteiger partial charge on any atom is -0.394 e. The van der Waals surface area contributed by atoms with E-state index in [4.69, 9.17) is 34.2 Å². The highest BCUT2D eigenvalue weighted by atomic mass is 16.7. The zero-order chi connectivity index (χ0) is 26.9. The molecule has 37 heavy (non-hydrogen) atoms. The molecule has 7 N–H and O–H groups in total. The number of carbonyl (C=O) groups excluding carboxylic acids is 1. The molecule has 0 aromatic carbocycles. The van der Waals surface area contributed by atoms with Gasteiger partial charge in [-0.3, -0.25) is 4.79 Å². The molecular formula is C24H41NO12. The summed E-state index contributed by atoms with van der Waals surface area (Å²) in [6.07, 6.45) is -10.4. The molecule has 3 aliphatic heterocycles. The molecule has 1 saturated carbocycles. The van der Waals surface area contributed by atoms with Crippen LogP contribution in [0, 0.1) is 5.92 Å². The predicted molar refractivity (Wildman–Crippen MR) is 124 cm³/mol. The van der Waals surface area contributed by atoms with Crippen LogP contribution in [0.4, 0.5) is 0 Å². The number of rotatable bonds is 6. The Morgan fingerprint density at radius 3 is 2.32 bits per heavy atom. The van der Waals surface area contributed by atoms with E-state index in [0.717, 1.165) is 12.8 Å². The van der Waals surface area contributed by atoms with Gasteiger partial charge in [-0.05, 0) is 38.5 Å². The molecule has 6 unspecified atom stereocenters. The van der Waals surface area contributed by atoms with Crippen LogP contribution < -0.4 is 5.73 Å². The highest BCUT2D eigenvalue weighted by Crippen LogP contribution is 2.36. The summed E-state index contributed by atoms with van der Waals surface area (Å²) >= 11 is 0. The first kappa shape index (κ1) is 29.0. The van der Waals surface area contributed by atoms with E-state index >= 15 is 0 Å². The van der Waals surface area contributed by atoms with E-state index in [1.54, 1.807) is 6.92 Å². The van der Waals surface area contributed by atoms with Gasteiger partial charge >= 0.3 is 0 Å². The van der Waals surface area contributed by atoms with Gasteiger partial charge in [-0.15, -0.1) is 0 Å². The van der Waals surface area contributed by atoms with Crippen molar-refractivity contribution >= 4 is 5.91 Å². The fourth-order valence-corrected chi connectivity index (χ4v) is 5.59. The molecule has 0 bridgehead atoms. The van der Waals surface area contributed by atoms with Gasteiger partial charge in [0.2, 0.25) is 5.91 Å². The first-order valence-electron chi connectivity index (χ1n) is 13.1. The van der Waals surface area contributed by atoms with E-state index in [0.29, 0.717) is 19.3 Å². The van der Waals surface area contributed by atoms with Gasteiger partial charge in [-0.1, -0.05) is 13.3 Å². The molecule has 3 heterocycles. The normalized spacial score (nSPS) is 49.5. The fourth-order valence-electron chi connectivity index (χ4n) is 5.59. The zero-order valence-electron chi connectivity index (χ0n) is 21.2. The second kappa shape index (κ2) is 12.5. The maximum Gasteiger partial charge on any atom is 0.246 e. The lowest BCUT2D eigenvalue weighted by molar-refractivity contribution is -0.354. The topological polar surface area (TPSA) is 200 Å². The van der Waals surface area contributed by atoms with Crippen molar-refractivity contribution in [2.45, 2.75) is 126 Å². The lowest BCUT2D eigenvalue weighted by Crippen LogP contribution is -2.64.